The number of non-ortho nitro benzene ring substituents is 1. The molecule has 1 amide bonds. The number of hydrogen-bond donors (Lipinski definition) is 1. The minimum Gasteiger partial charge on any atom is -0.325 e. The van der Waals surface area contributed by atoms with Gasteiger partial charge in [-0.2, -0.15) is 0 Å². The van der Waals surface area contributed by atoms with E-state index in [-0.39, 0.29) is 18.1 Å². The lowest BCUT2D eigenvalue weighted by Gasteiger charge is -2.10. The molecule has 2 heterocycles. The molecular formula is C20H15N5O3. The number of fused-ring (bicyclic) bond motifs is 1. The number of aromatic nitrogens is 3. The number of nitro benzene ring substituents is 1. The second-order valence-electron chi connectivity index (χ2n) is 6.10. The Morgan fingerprint density at radius 1 is 1.07 bits per heavy atom. The standard InChI is InChI=1S/C20H15N5O3/c26-19(22-15-7-9-16(10-8-15)25(27)28)13-24-18-6-2-1-5-17(18)23-20(24)14-4-3-11-21-12-14/h1-12H,13H2,(H,22,26). The highest BCUT2D eigenvalue weighted by Crippen LogP contribution is 2.24. The lowest BCUT2D eigenvalue weighted by atomic mass is 10.2. The Morgan fingerprint density at radius 2 is 1.86 bits per heavy atom. The van der Waals surface area contributed by atoms with Gasteiger partial charge in [-0.1, -0.05) is 12.1 Å². The van der Waals surface area contributed by atoms with Gasteiger partial charge in [0, 0.05) is 35.8 Å². The molecule has 0 aliphatic heterocycles. The van der Waals surface area contributed by atoms with E-state index in [1.165, 1.54) is 24.3 Å². The van der Waals surface area contributed by atoms with Crippen LogP contribution in [-0.2, 0) is 11.3 Å². The molecule has 0 bridgehead atoms. The van der Waals surface area contributed by atoms with Crippen LogP contribution < -0.4 is 5.32 Å². The summed E-state index contributed by atoms with van der Waals surface area (Å²) in [5, 5.41) is 13.5. The third-order valence-corrected chi connectivity index (χ3v) is 4.24. The van der Waals surface area contributed by atoms with Crippen LogP contribution in [0.4, 0.5) is 11.4 Å². The zero-order valence-corrected chi connectivity index (χ0v) is 14.6. The van der Waals surface area contributed by atoms with Crippen molar-refractivity contribution in [2.45, 2.75) is 6.54 Å². The van der Waals surface area contributed by atoms with E-state index < -0.39 is 4.92 Å². The maximum atomic E-state index is 12.6. The topological polar surface area (TPSA) is 103 Å². The molecule has 0 spiro atoms. The van der Waals surface area contributed by atoms with Gasteiger partial charge in [0.25, 0.3) is 5.69 Å². The smallest absolute Gasteiger partial charge is 0.269 e. The zero-order valence-electron chi connectivity index (χ0n) is 14.6. The van der Waals surface area contributed by atoms with Gasteiger partial charge in [0.1, 0.15) is 12.4 Å². The molecule has 2 aromatic heterocycles. The second kappa shape index (κ2) is 7.28. The van der Waals surface area contributed by atoms with E-state index in [0.29, 0.717) is 11.5 Å². The summed E-state index contributed by atoms with van der Waals surface area (Å²) < 4.78 is 1.83. The van der Waals surface area contributed by atoms with Crippen molar-refractivity contribution in [1.82, 2.24) is 14.5 Å². The highest BCUT2D eigenvalue weighted by Gasteiger charge is 2.15. The number of nitrogens with one attached hydrogen (secondary N) is 1. The fourth-order valence-corrected chi connectivity index (χ4v) is 2.96. The summed E-state index contributed by atoms with van der Waals surface area (Å²) in [7, 11) is 0. The van der Waals surface area contributed by atoms with E-state index in [2.05, 4.69) is 15.3 Å². The highest BCUT2D eigenvalue weighted by molar-refractivity contribution is 5.92. The van der Waals surface area contributed by atoms with Gasteiger partial charge in [0.05, 0.1) is 16.0 Å². The number of benzene rings is 2. The van der Waals surface area contributed by atoms with Crippen molar-refractivity contribution in [3.8, 4) is 11.4 Å². The second-order valence-corrected chi connectivity index (χ2v) is 6.10. The van der Waals surface area contributed by atoms with E-state index >= 15 is 0 Å². The Hall–Kier alpha value is -4.07. The van der Waals surface area contributed by atoms with Crippen LogP contribution >= 0.6 is 0 Å². The summed E-state index contributed by atoms with van der Waals surface area (Å²) in [5.41, 5.74) is 2.88. The van der Waals surface area contributed by atoms with Crippen LogP contribution in [0, 0.1) is 10.1 Å². The van der Waals surface area contributed by atoms with Gasteiger partial charge >= 0.3 is 0 Å². The van der Waals surface area contributed by atoms with Crippen molar-refractivity contribution in [1.29, 1.82) is 0 Å². The maximum absolute atomic E-state index is 12.6. The molecule has 4 aromatic rings. The molecule has 28 heavy (non-hydrogen) atoms. The molecule has 0 radical (unpaired) electrons. The molecule has 0 aliphatic rings. The Kier molecular flexibility index (Phi) is 4.51. The number of rotatable bonds is 5. The first-order valence-corrected chi connectivity index (χ1v) is 8.52. The van der Waals surface area contributed by atoms with Crippen LogP contribution in [0.2, 0.25) is 0 Å². The maximum Gasteiger partial charge on any atom is 0.269 e. The number of nitro groups is 1. The number of carbonyl (C=O) groups excluding carboxylic acids is 1. The molecular weight excluding hydrogens is 358 g/mol. The molecule has 138 valence electrons. The van der Waals surface area contributed by atoms with E-state index in [1.807, 2.05) is 41.0 Å². The molecule has 8 heteroatoms. The van der Waals surface area contributed by atoms with Gasteiger partial charge in [-0.05, 0) is 36.4 Å². The van der Waals surface area contributed by atoms with Gasteiger partial charge in [0.15, 0.2) is 0 Å². The van der Waals surface area contributed by atoms with Crippen LogP contribution in [0.1, 0.15) is 0 Å². The van der Waals surface area contributed by atoms with Gasteiger partial charge in [0.2, 0.25) is 5.91 Å². The quantitative estimate of drug-likeness (QED) is 0.425. The normalized spacial score (nSPS) is 10.7. The molecule has 4 rings (SSSR count). The predicted molar refractivity (Wildman–Crippen MR) is 105 cm³/mol. The monoisotopic (exact) mass is 373 g/mol. The largest absolute Gasteiger partial charge is 0.325 e. The minimum absolute atomic E-state index is 0.0301. The fraction of sp³-hybridized carbons (Fsp3) is 0.0500. The number of para-hydroxylation sites is 2. The van der Waals surface area contributed by atoms with Gasteiger partial charge in [-0.25, -0.2) is 4.98 Å². The molecule has 1 N–H and O–H groups in total. The summed E-state index contributed by atoms with van der Waals surface area (Å²) in [5.74, 6) is 0.385. The summed E-state index contributed by atoms with van der Waals surface area (Å²) in [6, 6.07) is 17.0. The van der Waals surface area contributed by atoms with Crippen molar-refractivity contribution in [3.63, 3.8) is 0 Å². The molecule has 0 atom stereocenters. The van der Waals surface area contributed by atoms with E-state index in [1.54, 1.807) is 12.4 Å². The van der Waals surface area contributed by atoms with Crippen LogP contribution in [0.25, 0.3) is 22.4 Å². The van der Waals surface area contributed by atoms with Crippen molar-refractivity contribution in [3.05, 3.63) is 83.2 Å². The van der Waals surface area contributed by atoms with E-state index in [0.717, 1.165) is 16.6 Å². The van der Waals surface area contributed by atoms with Crippen LogP contribution in [0.5, 0.6) is 0 Å². The predicted octanol–water partition coefficient (Wildman–Crippen LogP) is 3.65. The molecule has 0 aliphatic carbocycles. The number of hydrogen-bond acceptors (Lipinski definition) is 5. The molecule has 8 nitrogen and oxygen atoms in total. The third-order valence-electron chi connectivity index (χ3n) is 4.24. The highest BCUT2D eigenvalue weighted by atomic mass is 16.6. The third kappa shape index (κ3) is 3.43. The number of anilines is 1. The van der Waals surface area contributed by atoms with Crippen molar-refractivity contribution in [2.75, 3.05) is 5.32 Å². The average molecular weight is 373 g/mol. The van der Waals surface area contributed by atoms with Crippen molar-refractivity contribution >= 4 is 28.3 Å². The Labute approximate surface area is 159 Å². The zero-order chi connectivity index (χ0) is 19.5. The summed E-state index contributed by atoms with van der Waals surface area (Å²) in [6.07, 6.45) is 3.38. The molecule has 0 saturated heterocycles. The Balaban J connectivity index is 1.63. The van der Waals surface area contributed by atoms with Crippen LogP contribution in [0.15, 0.2) is 73.1 Å². The summed E-state index contributed by atoms with van der Waals surface area (Å²) in [4.78, 5) is 31.7. The number of pyridine rings is 1. The summed E-state index contributed by atoms with van der Waals surface area (Å²) >= 11 is 0. The van der Waals surface area contributed by atoms with E-state index in [4.69, 9.17) is 0 Å². The number of imidazole rings is 1. The molecule has 0 unspecified atom stereocenters. The van der Waals surface area contributed by atoms with Gasteiger partial charge < -0.3 is 9.88 Å². The minimum atomic E-state index is -0.483. The number of carbonyl (C=O) groups is 1. The van der Waals surface area contributed by atoms with Gasteiger partial charge in [-0.15, -0.1) is 0 Å². The number of amides is 1. The first-order valence-electron chi connectivity index (χ1n) is 8.52. The first kappa shape index (κ1) is 17.3. The SMILES string of the molecule is O=C(Cn1c(-c2cccnc2)nc2ccccc21)Nc1ccc([N+](=O)[O-])cc1. The van der Waals surface area contributed by atoms with Gasteiger partial charge in [-0.3, -0.25) is 19.9 Å². The molecule has 0 fully saturated rings. The Morgan fingerprint density at radius 3 is 2.57 bits per heavy atom. The van der Waals surface area contributed by atoms with Crippen LogP contribution in [-0.4, -0.2) is 25.4 Å². The van der Waals surface area contributed by atoms with Crippen molar-refractivity contribution < 1.29 is 9.72 Å². The Bertz CT molecular complexity index is 1150. The van der Waals surface area contributed by atoms with Crippen molar-refractivity contribution in [2.24, 2.45) is 0 Å². The lowest BCUT2D eigenvalue weighted by molar-refractivity contribution is -0.384. The number of nitrogens with zero attached hydrogens (tertiary/aromatic N) is 4. The fourth-order valence-electron chi connectivity index (χ4n) is 2.96. The molecule has 0 saturated carbocycles. The average Bonchev–Trinajstić information content (AvgIpc) is 3.07. The van der Waals surface area contributed by atoms with Crippen LogP contribution in [0.3, 0.4) is 0 Å². The summed E-state index contributed by atoms with van der Waals surface area (Å²) in [6.45, 7) is 0.0434. The lowest BCUT2D eigenvalue weighted by Crippen LogP contribution is -2.19. The first-order chi connectivity index (χ1) is 13.6. The molecule has 2 aromatic carbocycles. The van der Waals surface area contributed by atoms with E-state index in [9.17, 15) is 14.9 Å².